The summed E-state index contributed by atoms with van der Waals surface area (Å²) in [4.78, 5) is 2.53. The molecule has 1 N–H and O–H groups in total. The molecule has 0 fully saturated rings. The summed E-state index contributed by atoms with van der Waals surface area (Å²) in [6.07, 6.45) is 2.30. The smallest absolute Gasteiger partial charge is 0.137 e. The molecule has 0 amide bonds. The molecule has 4 heteroatoms. The fourth-order valence-electron chi connectivity index (χ4n) is 2.22. The first-order chi connectivity index (χ1) is 9.65. The second-order valence-electron chi connectivity index (χ2n) is 4.73. The second kappa shape index (κ2) is 7.34. The molecule has 108 valence electrons. The van der Waals surface area contributed by atoms with Crippen LogP contribution in [0.2, 0.25) is 0 Å². The Labute approximate surface area is 132 Å². The lowest BCUT2D eigenvalue weighted by molar-refractivity contribution is 0.516. The molecule has 1 unspecified atom stereocenters. The van der Waals surface area contributed by atoms with Crippen molar-refractivity contribution in [2.24, 2.45) is 0 Å². The lowest BCUT2D eigenvalue weighted by Crippen LogP contribution is -2.19. The van der Waals surface area contributed by atoms with Crippen molar-refractivity contribution in [3.05, 3.63) is 45.5 Å². The lowest BCUT2D eigenvalue weighted by atomic mass is 10.1. The first-order valence-corrected chi connectivity index (χ1v) is 8.55. The van der Waals surface area contributed by atoms with Crippen molar-refractivity contribution >= 4 is 27.3 Å². The molecule has 0 aliphatic carbocycles. The highest BCUT2D eigenvalue weighted by atomic mass is 79.9. The molecule has 1 heterocycles. The minimum atomic E-state index is -0.220. The number of benzene rings is 1. The normalized spacial score (nSPS) is 12.6. The van der Waals surface area contributed by atoms with Crippen LogP contribution in [0.15, 0.2) is 34.8 Å². The SMILES string of the molecule is CCCC(NCC)c1ccc(-c2ccc(F)c(Br)c2)s1. The van der Waals surface area contributed by atoms with E-state index in [1.807, 2.05) is 12.1 Å². The van der Waals surface area contributed by atoms with Crippen molar-refractivity contribution in [3.8, 4) is 10.4 Å². The zero-order chi connectivity index (χ0) is 14.5. The van der Waals surface area contributed by atoms with Crippen LogP contribution in [0.5, 0.6) is 0 Å². The van der Waals surface area contributed by atoms with Gasteiger partial charge in [0.25, 0.3) is 0 Å². The molecule has 0 spiro atoms. The summed E-state index contributed by atoms with van der Waals surface area (Å²) in [6.45, 7) is 5.31. The van der Waals surface area contributed by atoms with Crippen LogP contribution in [0.4, 0.5) is 4.39 Å². The fourth-order valence-corrected chi connectivity index (χ4v) is 3.72. The van der Waals surface area contributed by atoms with Gasteiger partial charge in [0.1, 0.15) is 5.82 Å². The van der Waals surface area contributed by atoms with E-state index in [0.717, 1.165) is 24.9 Å². The predicted molar refractivity (Wildman–Crippen MR) is 88.7 cm³/mol. The van der Waals surface area contributed by atoms with Crippen molar-refractivity contribution in [3.63, 3.8) is 0 Å². The van der Waals surface area contributed by atoms with E-state index in [-0.39, 0.29) is 5.82 Å². The van der Waals surface area contributed by atoms with Crippen LogP contribution in [0, 0.1) is 5.82 Å². The molecule has 1 aromatic heterocycles. The van der Waals surface area contributed by atoms with Gasteiger partial charge in [0.15, 0.2) is 0 Å². The summed E-state index contributed by atoms with van der Waals surface area (Å²) < 4.78 is 13.8. The standard InChI is InChI=1S/C16H19BrFNS/c1-3-5-14(19-4-2)16-9-8-15(20-16)11-6-7-13(18)12(17)10-11/h6-10,14,19H,3-5H2,1-2H3. The molecular weight excluding hydrogens is 337 g/mol. The van der Waals surface area contributed by atoms with Gasteiger partial charge in [-0.05, 0) is 58.7 Å². The molecule has 2 aromatic rings. The van der Waals surface area contributed by atoms with Crippen molar-refractivity contribution < 1.29 is 4.39 Å². The zero-order valence-electron chi connectivity index (χ0n) is 11.7. The maximum Gasteiger partial charge on any atom is 0.137 e. The Morgan fingerprint density at radius 1 is 1.25 bits per heavy atom. The van der Waals surface area contributed by atoms with Gasteiger partial charge in [-0.2, -0.15) is 0 Å². The van der Waals surface area contributed by atoms with Crippen LogP contribution in [-0.4, -0.2) is 6.54 Å². The third kappa shape index (κ3) is 3.68. The number of halogens is 2. The quantitative estimate of drug-likeness (QED) is 0.693. The molecule has 1 atom stereocenters. The fraction of sp³-hybridized carbons (Fsp3) is 0.375. The van der Waals surface area contributed by atoms with Crippen LogP contribution < -0.4 is 5.32 Å². The van der Waals surface area contributed by atoms with Gasteiger partial charge in [-0.3, -0.25) is 0 Å². The van der Waals surface area contributed by atoms with Gasteiger partial charge in [0.05, 0.1) is 4.47 Å². The highest BCUT2D eigenvalue weighted by Gasteiger charge is 2.13. The maximum absolute atomic E-state index is 13.3. The molecule has 1 nitrogen and oxygen atoms in total. The first kappa shape index (κ1) is 15.7. The maximum atomic E-state index is 13.3. The number of hydrogen-bond acceptors (Lipinski definition) is 2. The number of nitrogens with one attached hydrogen (secondary N) is 1. The summed E-state index contributed by atoms with van der Waals surface area (Å²) >= 11 is 5.03. The lowest BCUT2D eigenvalue weighted by Gasteiger charge is -2.15. The number of hydrogen-bond donors (Lipinski definition) is 1. The summed E-state index contributed by atoms with van der Waals surface area (Å²) in [6, 6.07) is 9.91. The summed E-state index contributed by atoms with van der Waals surface area (Å²) in [5, 5.41) is 3.53. The molecule has 2 rings (SSSR count). The van der Waals surface area contributed by atoms with Crippen molar-refractivity contribution in [2.75, 3.05) is 6.54 Å². The Hall–Kier alpha value is -0.710. The molecule has 0 aliphatic heterocycles. The van der Waals surface area contributed by atoms with E-state index < -0.39 is 0 Å². The van der Waals surface area contributed by atoms with Gasteiger partial charge in [-0.1, -0.05) is 26.3 Å². The van der Waals surface area contributed by atoms with Gasteiger partial charge in [0, 0.05) is 15.8 Å². The second-order valence-corrected chi connectivity index (χ2v) is 6.70. The molecule has 1 aromatic carbocycles. The Morgan fingerprint density at radius 3 is 2.70 bits per heavy atom. The number of rotatable bonds is 6. The van der Waals surface area contributed by atoms with Gasteiger partial charge in [-0.15, -0.1) is 11.3 Å². The minimum absolute atomic E-state index is 0.220. The van der Waals surface area contributed by atoms with Gasteiger partial charge < -0.3 is 5.32 Å². The molecule has 0 aliphatic rings. The monoisotopic (exact) mass is 355 g/mol. The Kier molecular flexibility index (Phi) is 5.75. The molecule has 0 saturated heterocycles. The highest BCUT2D eigenvalue weighted by molar-refractivity contribution is 9.10. The van der Waals surface area contributed by atoms with E-state index >= 15 is 0 Å². The Bertz CT molecular complexity index is 561. The molecule has 20 heavy (non-hydrogen) atoms. The molecular formula is C16H19BrFNS. The van der Waals surface area contributed by atoms with Crippen LogP contribution in [0.1, 0.15) is 37.6 Å². The van der Waals surface area contributed by atoms with Gasteiger partial charge in [-0.25, -0.2) is 4.39 Å². The zero-order valence-corrected chi connectivity index (χ0v) is 14.2. The van der Waals surface area contributed by atoms with Crippen molar-refractivity contribution in [1.29, 1.82) is 0 Å². The minimum Gasteiger partial charge on any atom is -0.310 e. The van der Waals surface area contributed by atoms with E-state index in [1.165, 1.54) is 15.8 Å². The average Bonchev–Trinajstić information content (AvgIpc) is 2.91. The predicted octanol–water partition coefficient (Wildman–Crippen LogP) is 5.77. The highest BCUT2D eigenvalue weighted by Crippen LogP contribution is 2.34. The topological polar surface area (TPSA) is 12.0 Å². The van der Waals surface area contributed by atoms with Crippen LogP contribution in [0.25, 0.3) is 10.4 Å². The van der Waals surface area contributed by atoms with E-state index in [0.29, 0.717) is 10.5 Å². The van der Waals surface area contributed by atoms with Gasteiger partial charge >= 0.3 is 0 Å². The molecule has 0 saturated carbocycles. The summed E-state index contributed by atoms with van der Waals surface area (Å²) in [5.41, 5.74) is 1.06. The largest absolute Gasteiger partial charge is 0.310 e. The van der Waals surface area contributed by atoms with Crippen molar-refractivity contribution in [1.82, 2.24) is 5.32 Å². The Morgan fingerprint density at radius 2 is 2.05 bits per heavy atom. The van der Waals surface area contributed by atoms with Crippen molar-refractivity contribution in [2.45, 2.75) is 32.7 Å². The van der Waals surface area contributed by atoms with Crippen LogP contribution in [-0.2, 0) is 0 Å². The van der Waals surface area contributed by atoms with E-state index in [4.69, 9.17) is 0 Å². The van der Waals surface area contributed by atoms with E-state index in [9.17, 15) is 4.39 Å². The summed E-state index contributed by atoms with van der Waals surface area (Å²) in [5.74, 6) is -0.220. The van der Waals surface area contributed by atoms with Crippen LogP contribution in [0.3, 0.4) is 0 Å². The average molecular weight is 356 g/mol. The third-order valence-electron chi connectivity index (χ3n) is 3.20. The van der Waals surface area contributed by atoms with Gasteiger partial charge in [0.2, 0.25) is 0 Å². The Balaban J connectivity index is 2.24. The van der Waals surface area contributed by atoms with E-state index in [2.05, 4.69) is 47.2 Å². The number of thiophene rings is 1. The molecule has 0 radical (unpaired) electrons. The third-order valence-corrected chi connectivity index (χ3v) is 5.06. The van der Waals surface area contributed by atoms with Crippen LogP contribution >= 0.6 is 27.3 Å². The summed E-state index contributed by atoms with van der Waals surface area (Å²) in [7, 11) is 0. The van der Waals surface area contributed by atoms with E-state index in [1.54, 1.807) is 11.3 Å². The molecule has 0 bridgehead atoms. The first-order valence-electron chi connectivity index (χ1n) is 6.94.